The minimum Gasteiger partial charge on any atom is -0.393 e. The van der Waals surface area contributed by atoms with Crippen LogP contribution in [0.3, 0.4) is 0 Å². The van der Waals surface area contributed by atoms with E-state index in [4.69, 9.17) is 15.2 Å². The van der Waals surface area contributed by atoms with E-state index in [1.54, 1.807) is 41.0 Å². The van der Waals surface area contributed by atoms with Gasteiger partial charge in [-0.25, -0.2) is 0 Å². The van der Waals surface area contributed by atoms with Gasteiger partial charge in [-0.3, -0.25) is 33.8 Å². The summed E-state index contributed by atoms with van der Waals surface area (Å²) < 4.78 is 14.7. The highest BCUT2D eigenvalue weighted by atomic mass is 16.5. The molecule has 4 aromatic rings. The van der Waals surface area contributed by atoms with Crippen LogP contribution in [0.4, 0.5) is 0 Å². The molecule has 16 rings (SSSR count). The van der Waals surface area contributed by atoms with Crippen LogP contribution in [0.5, 0.6) is 0 Å². The smallest absolute Gasteiger partial charge is 0.221 e. The first-order valence-electron chi connectivity index (χ1n) is 43.2. The van der Waals surface area contributed by atoms with Crippen molar-refractivity contribution in [3.05, 3.63) is 188 Å². The molecule has 4 aliphatic heterocycles. The van der Waals surface area contributed by atoms with Crippen LogP contribution in [-0.4, -0.2) is 141 Å². The van der Waals surface area contributed by atoms with Crippen molar-refractivity contribution >= 4 is 34.8 Å². The third-order valence-electron chi connectivity index (χ3n) is 31.2. The van der Waals surface area contributed by atoms with E-state index < -0.39 is 12.1 Å². The molecule has 2 unspecified atom stereocenters. The molecule has 111 heavy (non-hydrogen) atoms. The molecule has 8 fully saturated rings. The lowest BCUT2D eigenvalue weighted by molar-refractivity contribution is -0.129. The number of carbonyl (C=O) groups is 6. The Bertz CT molecular complexity index is 4260. The number of hydrogen-bond donors (Lipinski definition) is 4. The first-order valence-corrected chi connectivity index (χ1v) is 43.2. The van der Waals surface area contributed by atoms with Crippen molar-refractivity contribution in [2.24, 2.45) is 75.7 Å². The van der Waals surface area contributed by atoms with Gasteiger partial charge < -0.3 is 35.5 Å². The highest BCUT2D eigenvalue weighted by molar-refractivity contribution is 6.09. The standard InChI is InChI=1S/C51H66N2O6.C46H60N2O4/c1-31-26-46-48(34(4)51(59-46)24-22-40-41-19-18-38-28-39(55)21-23-50(38,5)43(41)29-42(40)33(51)3)53(30-31)25-9-12-45(56)44(52-47(57)20-13-32(2)54)27-35-14-16-37(17-15-35)49(58)36-10-7-6-8-11-36;1-28-23-42-43(48(27-28)22-8-11-41(50)40(47)24-31-12-14-33(15-13-31)44(51)32-9-6-5-7-10-32)30(3)46(52-42)21-19-36-37-17-16-34-25-35(49)18-20-45(34,4)39(37)26-38(36)29(46)2/h6-8,10-11,14-18,31,34,39-41,43-44,46,48,55H,9,12-13,19-30H2,1-5H3,(H,52,57);5-7,9-10,12-16,28,30,35-37,39-40,42-43,49H,8,11,17-27,47H2,1-4H3/t31-,34?,39-,40-,41-,43?,44-,46+,48-,50-,51-;28-,30+,35-,36-,37-,39-,40-,42+,43-,45-,46-/m00/s1. The fourth-order valence-electron chi connectivity index (χ4n) is 25.2. The Kier molecular flexibility index (Phi) is 23.4. The predicted molar refractivity (Wildman–Crippen MR) is 436 cm³/mol. The summed E-state index contributed by atoms with van der Waals surface area (Å²) in [6.45, 7) is 24.6. The Hall–Kier alpha value is -6.62. The lowest BCUT2D eigenvalue weighted by atomic mass is 9.56. The summed E-state index contributed by atoms with van der Waals surface area (Å²) in [5.41, 5.74) is 20.3. The van der Waals surface area contributed by atoms with Gasteiger partial charge in [0.2, 0.25) is 5.91 Å². The van der Waals surface area contributed by atoms with E-state index in [1.165, 1.54) is 55.7 Å². The van der Waals surface area contributed by atoms with Gasteiger partial charge in [0.05, 0.1) is 47.7 Å². The number of nitrogens with one attached hydrogen (secondary N) is 1. The topological polar surface area (TPSA) is 206 Å². The van der Waals surface area contributed by atoms with Crippen LogP contribution < -0.4 is 11.1 Å². The Morgan fingerprint density at radius 2 is 0.955 bits per heavy atom. The Morgan fingerprint density at radius 1 is 0.532 bits per heavy atom. The number of fused-ring (bicyclic) bond motifs is 12. The number of aliphatic hydroxyl groups excluding tert-OH is 2. The second-order valence-corrected chi connectivity index (χ2v) is 37.7. The van der Waals surface area contributed by atoms with Crippen LogP contribution in [-0.2, 0) is 41.5 Å². The zero-order chi connectivity index (χ0) is 78.0. The number of Topliss-reactive ketones (excluding diaryl/α,β-unsaturated/α-hetero) is 3. The molecule has 22 atom stereocenters. The molecular weight excluding hydrogens is 1380 g/mol. The van der Waals surface area contributed by atoms with Crippen LogP contribution in [0, 0.1) is 70.0 Å². The van der Waals surface area contributed by atoms with E-state index in [1.807, 2.05) is 84.9 Å². The average Bonchev–Trinajstić information content (AvgIpc) is 1.55. The molecule has 0 aromatic heterocycles. The molecule has 1 amide bonds. The maximum atomic E-state index is 14.0. The minimum absolute atomic E-state index is 0.00244. The van der Waals surface area contributed by atoms with Crippen molar-refractivity contribution in [2.45, 2.75) is 276 Å². The number of aliphatic hydroxyl groups is 2. The van der Waals surface area contributed by atoms with Crippen LogP contribution in [0.25, 0.3) is 0 Å². The molecule has 2 spiro atoms. The Labute approximate surface area is 661 Å². The first-order chi connectivity index (χ1) is 53.2. The molecule has 14 heteroatoms. The van der Waals surface area contributed by atoms with Crippen molar-refractivity contribution in [3.63, 3.8) is 0 Å². The summed E-state index contributed by atoms with van der Waals surface area (Å²) in [5.74, 6) is 5.54. The number of nitrogens with zero attached hydrogens (tertiary/aromatic N) is 2. The summed E-state index contributed by atoms with van der Waals surface area (Å²) in [4.78, 5) is 83.0. The number of amides is 1. The Morgan fingerprint density at radius 3 is 1.40 bits per heavy atom. The molecule has 4 heterocycles. The molecule has 4 aromatic carbocycles. The molecule has 12 aliphatic rings. The largest absolute Gasteiger partial charge is 0.393 e. The van der Waals surface area contributed by atoms with Crippen LogP contribution in [0.2, 0.25) is 0 Å². The SMILES string of the molecule is CC(=O)CCC(=O)N[C@@H](Cc1ccc(C(=O)c2ccccc2)cc1)C(=O)CCCN1C[C@@H](C)C[C@H]2O[C@]3(CC[C@@H]4C(=C3C)CC3[C@H]4CC=C4C[C@@H](O)CC[C@@]43C)C(C)[C@@H]21.CC1=C2C[C@H]3[C@@H](CC=C4C[C@@H](O)CC[C@@]43C)[C@@H]2CC[C@]12O[C@@H]1C[C@H](C)CN(CCCC(=O)[C@@H](N)Cc3ccc(C(=O)c4ccccc4)cc3)[C@H]1[C@H]2C. The van der Waals surface area contributed by atoms with Crippen LogP contribution >= 0.6 is 0 Å². The summed E-state index contributed by atoms with van der Waals surface area (Å²) in [5, 5.41) is 23.9. The number of carbonyl (C=O) groups excluding carboxylic acids is 6. The number of ether oxygens (including phenoxy) is 2. The monoisotopic (exact) mass is 1510 g/mol. The normalized spacial score (nSPS) is 35.8. The summed E-state index contributed by atoms with van der Waals surface area (Å²) in [6, 6.07) is 32.7. The maximum Gasteiger partial charge on any atom is 0.221 e. The van der Waals surface area contributed by atoms with E-state index in [0.29, 0.717) is 120 Å². The summed E-state index contributed by atoms with van der Waals surface area (Å²) in [7, 11) is 0. The van der Waals surface area contributed by atoms with Gasteiger partial charge in [-0.1, -0.05) is 185 Å². The Balaban J connectivity index is 0.000000177. The number of ketones is 5. The molecular formula is C97H126N4O10. The zero-order valence-electron chi connectivity index (χ0n) is 67.9. The third-order valence-corrected chi connectivity index (χ3v) is 31.2. The summed E-state index contributed by atoms with van der Waals surface area (Å²) in [6.07, 6.45) is 25.6. The first kappa shape index (κ1) is 79.6. The van der Waals surface area contributed by atoms with E-state index in [9.17, 15) is 39.0 Å². The third kappa shape index (κ3) is 15.4. The lowest BCUT2D eigenvalue weighted by Crippen LogP contribution is -2.52. The van der Waals surface area contributed by atoms with Gasteiger partial charge in [0.15, 0.2) is 17.3 Å². The van der Waals surface area contributed by atoms with Crippen molar-refractivity contribution in [1.29, 1.82) is 0 Å². The summed E-state index contributed by atoms with van der Waals surface area (Å²) >= 11 is 0. The van der Waals surface area contributed by atoms with E-state index in [0.717, 1.165) is 120 Å². The minimum atomic E-state index is -0.720. The zero-order valence-corrected chi connectivity index (χ0v) is 67.9. The number of likely N-dealkylation sites (tertiary alicyclic amines) is 2. The molecule has 4 saturated carbocycles. The van der Waals surface area contributed by atoms with E-state index in [-0.39, 0.29) is 94.1 Å². The highest BCUT2D eigenvalue weighted by Crippen LogP contribution is 2.68. The maximum absolute atomic E-state index is 14.0. The quantitative estimate of drug-likeness (QED) is 0.0427. The van der Waals surface area contributed by atoms with Crippen molar-refractivity contribution in [1.82, 2.24) is 15.1 Å². The fourth-order valence-corrected chi connectivity index (χ4v) is 25.2. The van der Waals surface area contributed by atoms with Gasteiger partial charge in [-0.05, 0) is 243 Å². The molecule has 0 radical (unpaired) electrons. The van der Waals surface area contributed by atoms with Gasteiger partial charge in [-0.15, -0.1) is 0 Å². The number of benzene rings is 4. The number of allylic oxidation sites excluding steroid dienone is 4. The molecule has 4 saturated heterocycles. The number of nitrogens with two attached hydrogens (primary N) is 1. The van der Waals surface area contributed by atoms with E-state index in [2.05, 4.69) is 82.7 Å². The molecule has 8 aliphatic carbocycles. The van der Waals surface area contributed by atoms with Crippen LogP contribution in [0.15, 0.2) is 155 Å². The molecule has 594 valence electrons. The number of hydrogen-bond acceptors (Lipinski definition) is 13. The van der Waals surface area contributed by atoms with Crippen LogP contribution in [0.1, 0.15) is 247 Å². The fraction of sp³-hybridized carbons (Fsp3) is 0.608. The highest BCUT2D eigenvalue weighted by Gasteiger charge is 2.64. The van der Waals surface area contributed by atoms with Gasteiger partial charge in [0, 0.05) is 84.9 Å². The molecule has 0 bridgehead atoms. The molecule has 5 N–H and O–H groups in total. The van der Waals surface area contributed by atoms with Crippen molar-refractivity contribution < 1.29 is 48.5 Å². The van der Waals surface area contributed by atoms with Gasteiger partial charge >= 0.3 is 0 Å². The predicted octanol–water partition coefficient (Wildman–Crippen LogP) is 16.3. The van der Waals surface area contributed by atoms with E-state index >= 15 is 0 Å². The van der Waals surface area contributed by atoms with Crippen molar-refractivity contribution in [2.75, 3.05) is 26.2 Å². The molecule has 14 nitrogen and oxygen atoms in total. The van der Waals surface area contributed by atoms with Gasteiger partial charge in [0.25, 0.3) is 0 Å². The van der Waals surface area contributed by atoms with Crippen molar-refractivity contribution in [3.8, 4) is 0 Å². The number of rotatable bonds is 22. The average molecular weight is 1510 g/mol. The van der Waals surface area contributed by atoms with Gasteiger partial charge in [0.1, 0.15) is 11.6 Å². The number of piperidine rings is 2. The van der Waals surface area contributed by atoms with Gasteiger partial charge in [-0.2, -0.15) is 0 Å². The second kappa shape index (κ2) is 32.6. The lowest BCUT2D eigenvalue weighted by Gasteiger charge is -2.49. The second-order valence-electron chi connectivity index (χ2n) is 37.7.